The predicted octanol–water partition coefficient (Wildman–Crippen LogP) is 2.84. The van der Waals surface area contributed by atoms with E-state index in [-0.39, 0.29) is 0 Å². The lowest BCUT2D eigenvalue weighted by Gasteiger charge is -2.21. The Hall–Kier alpha value is -2.01. The third kappa shape index (κ3) is 4.49. The summed E-state index contributed by atoms with van der Waals surface area (Å²) in [6.45, 7) is 3.16. The monoisotopic (exact) mass is 306 g/mol. The first kappa shape index (κ1) is 15.4. The van der Waals surface area contributed by atoms with E-state index in [9.17, 15) is 0 Å². The number of nitrogens with zero attached hydrogens (tertiary/aromatic N) is 3. The highest BCUT2D eigenvalue weighted by Crippen LogP contribution is 2.12. The molecule has 5 nitrogen and oxygen atoms in total. The lowest BCUT2D eigenvalue weighted by Crippen LogP contribution is -2.37. The van der Waals surface area contributed by atoms with Crippen molar-refractivity contribution in [3.8, 4) is 0 Å². The molecular weight excluding hydrogens is 288 g/mol. The average molecular weight is 307 g/mol. The molecule has 2 aromatic rings. The number of hydrogen-bond acceptors (Lipinski definition) is 3. The van der Waals surface area contributed by atoms with Crippen molar-refractivity contribution in [1.82, 2.24) is 15.4 Å². The lowest BCUT2D eigenvalue weighted by atomic mass is 10.2. The Kier molecular flexibility index (Phi) is 5.22. The summed E-state index contributed by atoms with van der Waals surface area (Å²) in [5.74, 6) is 1.56. The van der Waals surface area contributed by atoms with Crippen LogP contribution in [0.25, 0.3) is 0 Å². The maximum Gasteiger partial charge on any atom is 0.194 e. The Balaban J connectivity index is 1.94. The summed E-state index contributed by atoms with van der Waals surface area (Å²) in [4.78, 5) is 6.29. The molecule has 0 spiro atoms. The van der Waals surface area contributed by atoms with Crippen LogP contribution in [-0.2, 0) is 13.1 Å². The number of guanidine groups is 1. The third-order valence-electron chi connectivity index (χ3n) is 2.98. The van der Waals surface area contributed by atoms with Gasteiger partial charge in [0.05, 0.1) is 12.2 Å². The molecule has 0 bridgehead atoms. The van der Waals surface area contributed by atoms with Crippen molar-refractivity contribution >= 4 is 17.6 Å². The molecule has 0 radical (unpaired) electrons. The fraction of sp³-hybridized carbons (Fsp3) is 0.333. The van der Waals surface area contributed by atoms with Crippen molar-refractivity contribution in [2.75, 3.05) is 14.1 Å². The van der Waals surface area contributed by atoms with Gasteiger partial charge in [-0.25, -0.2) is 0 Å². The Bertz CT molecular complexity index is 624. The number of aryl methyl sites for hydroxylation is 1. The SMILES string of the molecule is CN=C(NCc1cc(C)no1)N(C)Cc1cccc(Cl)c1. The molecule has 0 saturated heterocycles. The number of benzene rings is 1. The Morgan fingerprint density at radius 3 is 2.86 bits per heavy atom. The molecule has 0 atom stereocenters. The highest BCUT2D eigenvalue weighted by molar-refractivity contribution is 6.30. The van der Waals surface area contributed by atoms with Crippen LogP contribution in [0.5, 0.6) is 0 Å². The number of aliphatic imine (C=N–C) groups is 1. The summed E-state index contributed by atoms with van der Waals surface area (Å²) < 4.78 is 5.17. The zero-order chi connectivity index (χ0) is 15.2. The predicted molar refractivity (Wildman–Crippen MR) is 84.4 cm³/mol. The van der Waals surface area contributed by atoms with Crippen LogP contribution < -0.4 is 5.32 Å². The molecule has 1 N–H and O–H groups in total. The molecule has 0 amide bonds. The van der Waals surface area contributed by atoms with Gasteiger partial charge in [0.1, 0.15) is 0 Å². The van der Waals surface area contributed by atoms with E-state index in [1.807, 2.05) is 49.2 Å². The Morgan fingerprint density at radius 1 is 1.43 bits per heavy atom. The second kappa shape index (κ2) is 7.13. The summed E-state index contributed by atoms with van der Waals surface area (Å²) in [5.41, 5.74) is 2.00. The number of aromatic nitrogens is 1. The minimum atomic E-state index is 0.549. The molecule has 0 aliphatic carbocycles. The van der Waals surface area contributed by atoms with Crippen LogP contribution in [0.4, 0.5) is 0 Å². The van der Waals surface area contributed by atoms with E-state index >= 15 is 0 Å². The van der Waals surface area contributed by atoms with Gasteiger partial charge in [-0.2, -0.15) is 0 Å². The van der Waals surface area contributed by atoms with Gasteiger partial charge in [-0.05, 0) is 24.6 Å². The second-order valence-corrected chi connectivity index (χ2v) is 5.26. The van der Waals surface area contributed by atoms with Gasteiger partial charge in [0.15, 0.2) is 11.7 Å². The number of hydrogen-bond donors (Lipinski definition) is 1. The van der Waals surface area contributed by atoms with Crippen LogP contribution in [0, 0.1) is 6.92 Å². The van der Waals surface area contributed by atoms with Gasteiger partial charge in [-0.3, -0.25) is 4.99 Å². The van der Waals surface area contributed by atoms with Gasteiger partial charge >= 0.3 is 0 Å². The first-order valence-corrected chi connectivity index (χ1v) is 7.04. The van der Waals surface area contributed by atoms with Gasteiger partial charge in [0, 0.05) is 31.7 Å². The van der Waals surface area contributed by atoms with Crippen LogP contribution in [0.15, 0.2) is 39.8 Å². The normalized spacial score (nSPS) is 11.5. The lowest BCUT2D eigenvalue weighted by molar-refractivity contribution is 0.373. The van der Waals surface area contributed by atoms with Crippen molar-refractivity contribution in [3.05, 3.63) is 52.4 Å². The zero-order valence-corrected chi connectivity index (χ0v) is 13.2. The summed E-state index contributed by atoms with van der Waals surface area (Å²) in [6, 6.07) is 9.70. The van der Waals surface area contributed by atoms with Gasteiger partial charge < -0.3 is 14.7 Å². The quantitative estimate of drug-likeness (QED) is 0.697. The van der Waals surface area contributed by atoms with Gasteiger partial charge in [0.2, 0.25) is 0 Å². The first-order valence-electron chi connectivity index (χ1n) is 6.67. The first-order chi connectivity index (χ1) is 10.1. The van der Waals surface area contributed by atoms with E-state index in [0.717, 1.165) is 34.5 Å². The molecule has 0 aliphatic rings. The fourth-order valence-electron chi connectivity index (χ4n) is 2.03. The van der Waals surface area contributed by atoms with Gasteiger partial charge in [-0.15, -0.1) is 0 Å². The van der Waals surface area contributed by atoms with Crippen LogP contribution in [0.3, 0.4) is 0 Å². The number of nitrogens with one attached hydrogen (secondary N) is 1. The van der Waals surface area contributed by atoms with Gasteiger partial charge in [0.25, 0.3) is 0 Å². The Morgan fingerprint density at radius 2 is 2.24 bits per heavy atom. The maximum atomic E-state index is 6.00. The summed E-state index contributed by atoms with van der Waals surface area (Å²) in [6.07, 6.45) is 0. The summed E-state index contributed by atoms with van der Waals surface area (Å²) in [5, 5.41) is 7.84. The average Bonchev–Trinajstić information content (AvgIpc) is 2.85. The summed E-state index contributed by atoms with van der Waals surface area (Å²) >= 11 is 6.00. The zero-order valence-electron chi connectivity index (χ0n) is 12.4. The Labute approximate surface area is 129 Å². The van der Waals surface area contributed by atoms with E-state index in [0.29, 0.717) is 6.54 Å². The van der Waals surface area contributed by atoms with Crippen molar-refractivity contribution in [2.24, 2.45) is 4.99 Å². The number of halogens is 1. The largest absolute Gasteiger partial charge is 0.359 e. The van der Waals surface area contributed by atoms with E-state index < -0.39 is 0 Å². The molecule has 0 saturated carbocycles. The van der Waals surface area contributed by atoms with Crippen molar-refractivity contribution in [1.29, 1.82) is 0 Å². The van der Waals surface area contributed by atoms with E-state index in [1.165, 1.54) is 0 Å². The smallest absolute Gasteiger partial charge is 0.194 e. The minimum Gasteiger partial charge on any atom is -0.359 e. The fourth-order valence-corrected chi connectivity index (χ4v) is 2.25. The van der Waals surface area contributed by atoms with Crippen molar-refractivity contribution in [3.63, 3.8) is 0 Å². The molecule has 2 rings (SSSR count). The van der Waals surface area contributed by atoms with Crippen LogP contribution in [-0.4, -0.2) is 30.1 Å². The van der Waals surface area contributed by atoms with Crippen molar-refractivity contribution < 1.29 is 4.52 Å². The third-order valence-corrected chi connectivity index (χ3v) is 3.21. The minimum absolute atomic E-state index is 0.549. The molecule has 6 heteroatoms. The molecule has 21 heavy (non-hydrogen) atoms. The topological polar surface area (TPSA) is 53.7 Å². The van der Waals surface area contributed by atoms with Crippen LogP contribution >= 0.6 is 11.6 Å². The highest BCUT2D eigenvalue weighted by Gasteiger charge is 2.08. The van der Waals surface area contributed by atoms with E-state index in [1.54, 1.807) is 7.05 Å². The highest BCUT2D eigenvalue weighted by atomic mass is 35.5. The number of rotatable bonds is 4. The molecular formula is C15H19ClN4O. The van der Waals surface area contributed by atoms with Crippen LogP contribution in [0.1, 0.15) is 17.0 Å². The van der Waals surface area contributed by atoms with E-state index in [4.69, 9.17) is 16.1 Å². The van der Waals surface area contributed by atoms with Gasteiger partial charge in [-0.1, -0.05) is 28.9 Å². The van der Waals surface area contributed by atoms with E-state index in [2.05, 4.69) is 15.5 Å². The molecule has 0 fully saturated rings. The maximum absolute atomic E-state index is 6.00. The molecule has 1 heterocycles. The molecule has 0 unspecified atom stereocenters. The second-order valence-electron chi connectivity index (χ2n) is 4.82. The standard InChI is InChI=1S/C15H19ClN4O/c1-11-7-14(21-19-11)9-18-15(17-2)20(3)10-12-5-4-6-13(16)8-12/h4-8H,9-10H2,1-3H3,(H,17,18). The summed E-state index contributed by atoms with van der Waals surface area (Å²) in [7, 11) is 3.73. The molecule has 0 aliphatic heterocycles. The molecule has 1 aromatic heterocycles. The van der Waals surface area contributed by atoms with Crippen LogP contribution in [0.2, 0.25) is 5.02 Å². The molecule has 112 valence electrons. The van der Waals surface area contributed by atoms with Crippen molar-refractivity contribution in [2.45, 2.75) is 20.0 Å². The molecule has 1 aromatic carbocycles.